The molecule has 1 fully saturated rings. The molecule has 0 radical (unpaired) electrons. The number of esters is 1. The lowest BCUT2D eigenvalue weighted by atomic mass is 10.1. The number of halogens is 1. The van der Waals surface area contributed by atoms with Crippen molar-refractivity contribution in [2.75, 3.05) is 25.1 Å². The van der Waals surface area contributed by atoms with Gasteiger partial charge >= 0.3 is 5.97 Å². The molecule has 86 valence electrons. The summed E-state index contributed by atoms with van der Waals surface area (Å²) in [4.78, 5) is 13.0. The molecule has 0 saturated carbocycles. The fraction of sp³-hybridized carbons (Fsp3) is 0.364. The number of hydrogen-bond donors (Lipinski definition) is 1. The summed E-state index contributed by atoms with van der Waals surface area (Å²) in [5.41, 5.74) is 0.586. The van der Waals surface area contributed by atoms with Crippen molar-refractivity contribution in [2.24, 2.45) is 0 Å². The molecule has 0 bridgehead atoms. The van der Waals surface area contributed by atoms with Crippen molar-refractivity contribution in [2.45, 2.75) is 6.10 Å². The number of aliphatic hydroxyl groups is 1. The molecule has 1 N–H and O–H groups in total. The van der Waals surface area contributed by atoms with E-state index < -0.39 is 11.8 Å². The highest BCUT2D eigenvalue weighted by atomic mass is 19.1. The minimum absolute atomic E-state index is 0.0766. The molecule has 16 heavy (non-hydrogen) atoms. The molecule has 0 aromatic heterocycles. The summed E-state index contributed by atoms with van der Waals surface area (Å²) in [6, 6.07) is 4.31. The third-order valence-corrected chi connectivity index (χ3v) is 2.59. The summed E-state index contributed by atoms with van der Waals surface area (Å²) in [6.45, 7) is 0.994. The molecule has 0 atom stereocenters. The predicted molar refractivity (Wildman–Crippen MR) is 56.0 cm³/mol. The SMILES string of the molecule is COC(=O)c1ccc(N2CC(O)C2)cc1F. The molecule has 1 aliphatic heterocycles. The molecule has 1 heterocycles. The minimum Gasteiger partial charge on any atom is -0.465 e. The van der Waals surface area contributed by atoms with Gasteiger partial charge in [0.25, 0.3) is 0 Å². The molecule has 0 amide bonds. The van der Waals surface area contributed by atoms with Gasteiger partial charge in [0.05, 0.1) is 18.8 Å². The number of methoxy groups -OCH3 is 1. The molecule has 1 saturated heterocycles. The first-order valence-corrected chi connectivity index (χ1v) is 4.92. The Hall–Kier alpha value is -1.62. The van der Waals surface area contributed by atoms with Crippen LogP contribution < -0.4 is 4.90 Å². The number of nitrogens with zero attached hydrogens (tertiary/aromatic N) is 1. The van der Waals surface area contributed by atoms with Crippen LogP contribution in [0.5, 0.6) is 0 Å². The number of carbonyl (C=O) groups is 1. The van der Waals surface area contributed by atoms with Gasteiger partial charge in [0.15, 0.2) is 0 Å². The summed E-state index contributed by atoms with van der Waals surface area (Å²) >= 11 is 0. The number of rotatable bonds is 2. The van der Waals surface area contributed by atoms with Crippen LogP contribution in [0.25, 0.3) is 0 Å². The van der Waals surface area contributed by atoms with Crippen LogP contribution in [-0.4, -0.2) is 37.4 Å². The second kappa shape index (κ2) is 4.09. The van der Waals surface area contributed by atoms with E-state index in [1.807, 2.05) is 4.90 Å². The van der Waals surface area contributed by atoms with Crippen LogP contribution in [0.4, 0.5) is 10.1 Å². The number of carbonyl (C=O) groups excluding carboxylic acids is 1. The van der Waals surface area contributed by atoms with Gasteiger partial charge in [-0.1, -0.05) is 0 Å². The maximum Gasteiger partial charge on any atom is 0.340 e. The fourth-order valence-electron chi connectivity index (χ4n) is 1.64. The molecule has 5 heteroatoms. The number of anilines is 1. The van der Waals surface area contributed by atoms with E-state index in [1.54, 1.807) is 6.07 Å². The van der Waals surface area contributed by atoms with Crippen molar-refractivity contribution in [3.63, 3.8) is 0 Å². The zero-order valence-corrected chi connectivity index (χ0v) is 8.81. The van der Waals surface area contributed by atoms with E-state index in [0.717, 1.165) is 0 Å². The molecular weight excluding hydrogens is 213 g/mol. The predicted octanol–water partition coefficient (Wildman–Crippen LogP) is 0.793. The van der Waals surface area contributed by atoms with Crippen molar-refractivity contribution in [1.29, 1.82) is 0 Å². The Morgan fingerprint density at radius 3 is 2.75 bits per heavy atom. The fourth-order valence-corrected chi connectivity index (χ4v) is 1.64. The minimum atomic E-state index is -0.687. The van der Waals surface area contributed by atoms with Gasteiger partial charge in [-0.15, -0.1) is 0 Å². The molecular formula is C11H12FNO3. The van der Waals surface area contributed by atoms with Crippen LogP contribution in [0, 0.1) is 5.82 Å². The van der Waals surface area contributed by atoms with Crippen molar-refractivity contribution in [3.8, 4) is 0 Å². The lowest BCUT2D eigenvalue weighted by molar-refractivity contribution is 0.0595. The van der Waals surface area contributed by atoms with Gasteiger partial charge in [-0.2, -0.15) is 0 Å². The smallest absolute Gasteiger partial charge is 0.340 e. The number of β-amino-alcohol motifs (C(OH)–C–C–N with tert-alkyl or cyclic N) is 1. The van der Waals surface area contributed by atoms with E-state index in [9.17, 15) is 9.18 Å². The van der Waals surface area contributed by atoms with Gasteiger partial charge < -0.3 is 14.7 Å². The van der Waals surface area contributed by atoms with Crippen molar-refractivity contribution < 1.29 is 19.0 Å². The second-order valence-corrected chi connectivity index (χ2v) is 3.71. The van der Waals surface area contributed by atoms with Crippen LogP contribution >= 0.6 is 0 Å². The zero-order valence-electron chi connectivity index (χ0n) is 8.81. The van der Waals surface area contributed by atoms with E-state index in [2.05, 4.69) is 4.74 Å². The van der Waals surface area contributed by atoms with E-state index in [1.165, 1.54) is 19.2 Å². The average molecular weight is 225 g/mol. The summed E-state index contributed by atoms with van der Waals surface area (Å²) in [5, 5.41) is 9.12. The molecule has 1 aliphatic rings. The summed E-state index contributed by atoms with van der Waals surface area (Å²) in [6.07, 6.45) is -0.344. The largest absolute Gasteiger partial charge is 0.465 e. The third-order valence-electron chi connectivity index (χ3n) is 2.59. The zero-order chi connectivity index (χ0) is 11.7. The average Bonchev–Trinajstić information content (AvgIpc) is 2.23. The van der Waals surface area contributed by atoms with Gasteiger partial charge in [-0.25, -0.2) is 9.18 Å². The van der Waals surface area contributed by atoms with Crippen molar-refractivity contribution >= 4 is 11.7 Å². The van der Waals surface area contributed by atoms with Crippen molar-refractivity contribution in [1.82, 2.24) is 0 Å². The van der Waals surface area contributed by atoms with E-state index in [-0.39, 0.29) is 11.7 Å². The summed E-state index contributed by atoms with van der Waals surface area (Å²) in [5.74, 6) is -1.29. The molecule has 0 aliphatic carbocycles. The third kappa shape index (κ3) is 1.86. The number of benzene rings is 1. The van der Waals surface area contributed by atoms with Gasteiger partial charge in [-0.05, 0) is 18.2 Å². The topological polar surface area (TPSA) is 49.8 Å². The molecule has 1 aromatic carbocycles. The normalized spacial score (nSPS) is 15.8. The Kier molecular flexibility index (Phi) is 2.78. The standard InChI is InChI=1S/C11H12FNO3/c1-16-11(15)9-3-2-7(4-10(9)12)13-5-8(14)6-13/h2-4,8,14H,5-6H2,1H3. The maximum absolute atomic E-state index is 13.5. The van der Waals surface area contributed by atoms with E-state index in [0.29, 0.717) is 18.8 Å². The molecule has 2 rings (SSSR count). The molecule has 0 spiro atoms. The van der Waals surface area contributed by atoms with E-state index >= 15 is 0 Å². The molecule has 4 nitrogen and oxygen atoms in total. The quantitative estimate of drug-likeness (QED) is 0.756. The Morgan fingerprint density at radius 1 is 1.56 bits per heavy atom. The Morgan fingerprint density at radius 2 is 2.25 bits per heavy atom. The highest BCUT2D eigenvalue weighted by Gasteiger charge is 2.25. The Bertz CT molecular complexity index is 416. The first-order chi connectivity index (χ1) is 7.61. The summed E-state index contributed by atoms with van der Waals surface area (Å²) in [7, 11) is 1.21. The first kappa shape index (κ1) is 10.9. The van der Waals surface area contributed by atoms with E-state index in [4.69, 9.17) is 5.11 Å². The summed E-state index contributed by atoms with van der Waals surface area (Å²) < 4.78 is 18.0. The monoisotopic (exact) mass is 225 g/mol. The maximum atomic E-state index is 13.5. The van der Waals surface area contributed by atoms with Crippen LogP contribution in [0.1, 0.15) is 10.4 Å². The van der Waals surface area contributed by atoms with Crippen LogP contribution in [-0.2, 0) is 4.74 Å². The molecule has 1 aromatic rings. The van der Waals surface area contributed by atoms with Gasteiger partial charge in [0, 0.05) is 18.8 Å². The highest BCUT2D eigenvalue weighted by molar-refractivity contribution is 5.90. The Balaban J connectivity index is 2.19. The van der Waals surface area contributed by atoms with Crippen LogP contribution in [0.15, 0.2) is 18.2 Å². The van der Waals surface area contributed by atoms with Gasteiger partial charge in [-0.3, -0.25) is 0 Å². The Labute approximate surface area is 92.2 Å². The second-order valence-electron chi connectivity index (χ2n) is 3.71. The number of hydrogen-bond acceptors (Lipinski definition) is 4. The molecule has 0 unspecified atom stereocenters. The highest BCUT2D eigenvalue weighted by Crippen LogP contribution is 2.23. The lowest BCUT2D eigenvalue weighted by Gasteiger charge is -2.37. The lowest BCUT2D eigenvalue weighted by Crippen LogP contribution is -2.50. The van der Waals surface area contributed by atoms with Crippen LogP contribution in [0.3, 0.4) is 0 Å². The van der Waals surface area contributed by atoms with Gasteiger partial charge in [0.1, 0.15) is 5.82 Å². The van der Waals surface area contributed by atoms with Crippen LogP contribution in [0.2, 0.25) is 0 Å². The van der Waals surface area contributed by atoms with Crippen molar-refractivity contribution in [3.05, 3.63) is 29.6 Å². The number of ether oxygens (including phenoxy) is 1. The first-order valence-electron chi connectivity index (χ1n) is 4.92. The van der Waals surface area contributed by atoms with Gasteiger partial charge in [0.2, 0.25) is 0 Å². The number of aliphatic hydroxyl groups excluding tert-OH is 1.